The van der Waals surface area contributed by atoms with E-state index in [0.717, 1.165) is 25.7 Å². The van der Waals surface area contributed by atoms with Gasteiger partial charge in [-0.25, -0.2) is 4.79 Å². The number of fused-ring (bicyclic) bond motifs is 2. The van der Waals surface area contributed by atoms with E-state index < -0.39 is 71.5 Å². The van der Waals surface area contributed by atoms with Crippen molar-refractivity contribution in [1.82, 2.24) is 0 Å². The van der Waals surface area contributed by atoms with E-state index in [1.807, 2.05) is 32.1 Å². The summed E-state index contributed by atoms with van der Waals surface area (Å²) in [4.78, 5) is 27.2. The van der Waals surface area contributed by atoms with Crippen molar-refractivity contribution < 1.29 is 49.3 Å². The van der Waals surface area contributed by atoms with Gasteiger partial charge in [-0.15, -0.1) is 0 Å². The Kier molecular flexibility index (Phi) is 17.8. The molecule has 0 aromatic carbocycles. The van der Waals surface area contributed by atoms with E-state index in [-0.39, 0.29) is 53.2 Å². The number of esters is 1. The maximum absolute atomic E-state index is 13.6. The monoisotopic (exact) mass is 789 g/mol. The molecule has 5 N–H and O–H groups in total. The highest BCUT2D eigenvalue weighted by Crippen LogP contribution is 2.49. The fraction of sp³-hybridized carbons (Fsp3) is 0.783. The molecule has 0 saturated carbocycles. The molecule has 2 saturated heterocycles. The fourth-order valence-corrected chi connectivity index (χ4v) is 9.11. The van der Waals surface area contributed by atoms with Crippen LogP contribution in [0.25, 0.3) is 0 Å². The molecular weight excluding hydrogens is 712 g/mol. The molecule has 0 radical (unpaired) electrons. The summed E-state index contributed by atoms with van der Waals surface area (Å²) in [6, 6.07) is 0. The van der Waals surface area contributed by atoms with Crippen molar-refractivity contribution in [3.05, 3.63) is 48.6 Å². The smallest absolute Gasteiger partial charge is 0.330 e. The Balaban J connectivity index is 1.99. The summed E-state index contributed by atoms with van der Waals surface area (Å²) in [6.45, 7) is 24.1. The minimum absolute atomic E-state index is 0.150. The van der Waals surface area contributed by atoms with Crippen LogP contribution in [0.2, 0.25) is 0 Å². The standard InChI is InChI=1S/C46H76O10/c1-13-36-18-16-14-15-17-28(4)44(52)45(12,53)34(10)30(6)41(50)33(9)42(51)32(8)40(49)27(3)19-22-39(48)54-43-31(7)37(21-20-36)55-46(35(43)11)24-23-26(2)38(56-46)25-29(5)47/h14-16,18-19,22,26-33,35-38,40-41,43-44,47,49-50,52-53H,10,13,17,20-21,23-25H2,1-9,11-12H3/b15-14+,18-16+,22-19+/t26-,27-,28+,29+,30+,31+,32-,33+,35-,36-,37-,38-,40+,41-,43+,44+,45-,46-/m1/s1. The third-order valence-corrected chi connectivity index (χ3v) is 13.7. The third-order valence-electron chi connectivity index (χ3n) is 13.7. The summed E-state index contributed by atoms with van der Waals surface area (Å²) in [6.07, 6.45) is 10.8. The number of carbonyl (C=O) groups is 2. The second-order valence-corrected chi connectivity index (χ2v) is 18.1. The zero-order valence-electron chi connectivity index (χ0n) is 36.1. The lowest BCUT2D eigenvalue weighted by Gasteiger charge is -2.55. The Hall–Kier alpha value is -2.18. The fourth-order valence-electron chi connectivity index (χ4n) is 9.11. The first-order valence-corrected chi connectivity index (χ1v) is 21.3. The van der Waals surface area contributed by atoms with E-state index in [1.165, 1.54) is 13.0 Å². The summed E-state index contributed by atoms with van der Waals surface area (Å²) in [5, 5.41) is 55.6. The molecule has 320 valence electrons. The molecule has 10 nitrogen and oxygen atoms in total. The minimum Gasteiger partial charge on any atom is -0.458 e. The molecule has 0 aromatic rings. The summed E-state index contributed by atoms with van der Waals surface area (Å²) < 4.78 is 20.1. The van der Waals surface area contributed by atoms with Gasteiger partial charge in [-0.1, -0.05) is 99.3 Å². The van der Waals surface area contributed by atoms with Crippen molar-refractivity contribution in [2.75, 3.05) is 0 Å². The third kappa shape index (κ3) is 11.5. The number of hydrogen-bond donors (Lipinski definition) is 5. The van der Waals surface area contributed by atoms with Gasteiger partial charge in [0.25, 0.3) is 0 Å². The number of rotatable bonds is 3. The van der Waals surface area contributed by atoms with E-state index in [0.29, 0.717) is 19.3 Å². The second kappa shape index (κ2) is 20.7. The number of aliphatic hydroxyl groups excluding tert-OH is 4. The van der Waals surface area contributed by atoms with Crippen molar-refractivity contribution in [2.24, 2.45) is 53.3 Å². The number of ether oxygens (including phenoxy) is 3. The molecule has 56 heavy (non-hydrogen) atoms. The Morgan fingerprint density at radius 2 is 1.52 bits per heavy atom. The molecule has 0 aliphatic carbocycles. The number of hydrogen-bond acceptors (Lipinski definition) is 10. The largest absolute Gasteiger partial charge is 0.458 e. The molecule has 3 rings (SSSR count). The molecule has 0 unspecified atom stereocenters. The highest BCUT2D eigenvalue weighted by molar-refractivity contribution is 5.84. The average Bonchev–Trinajstić information content (AvgIpc) is 3.16. The van der Waals surface area contributed by atoms with Crippen LogP contribution in [0.1, 0.15) is 121 Å². The van der Waals surface area contributed by atoms with Crippen LogP contribution in [0.4, 0.5) is 0 Å². The van der Waals surface area contributed by atoms with Gasteiger partial charge in [-0.05, 0) is 75.7 Å². The van der Waals surface area contributed by atoms with Gasteiger partial charge >= 0.3 is 5.97 Å². The van der Waals surface area contributed by atoms with Gasteiger partial charge in [0.1, 0.15) is 17.5 Å². The predicted molar refractivity (Wildman–Crippen MR) is 219 cm³/mol. The van der Waals surface area contributed by atoms with Gasteiger partial charge in [0.05, 0.1) is 36.6 Å². The Morgan fingerprint density at radius 3 is 2.14 bits per heavy atom. The van der Waals surface area contributed by atoms with E-state index in [4.69, 9.17) is 14.2 Å². The quantitative estimate of drug-likeness (QED) is 0.151. The van der Waals surface area contributed by atoms with Crippen molar-refractivity contribution >= 4 is 11.8 Å². The first kappa shape index (κ1) is 48.2. The molecule has 18 atom stereocenters. The van der Waals surface area contributed by atoms with E-state index in [1.54, 1.807) is 40.7 Å². The molecule has 1 spiro atoms. The average molecular weight is 789 g/mol. The number of ketones is 1. The van der Waals surface area contributed by atoms with Crippen LogP contribution >= 0.6 is 0 Å². The first-order chi connectivity index (χ1) is 26.1. The lowest BCUT2D eigenvalue weighted by atomic mass is 9.73. The number of Topliss-reactive ketones (excluding diaryl/α,β-unsaturated/α-hetero) is 1. The molecule has 2 fully saturated rings. The number of carbonyl (C=O) groups excluding carboxylic acids is 2. The van der Waals surface area contributed by atoms with Crippen LogP contribution in [-0.4, -0.2) is 91.4 Å². The van der Waals surface area contributed by atoms with E-state index in [2.05, 4.69) is 33.4 Å². The van der Waals surface area contributed by atoms with Crippen LogP contribution in [0.3, 0.4) is 0 Å². The zero-order chi connectivity index (χ0) is 42.3. The van der Waals surface area contributed by atoms with Crippen molar-refractivity contribution in [2.45, 2.75) is 175 Å². The number of allylic oxidation sites excluding steroid dienone is 4. The molecular formula is C46H76O10. The summed E-state index contributed by atoms with van der Waals surface area (Å²) in [5.74, 6) is -5.37. The van der Waals surface area contributed by atoms with Gasteiger partial charge < -0.3 is 39.7 Å². The Labute approximate surface area is 337 Å². The van der Waals surface area contributed by atoms with Gasteiger partial charge in [0.2, 0.25) is 0 Å². The Morgan fingerprint density at radius 1 is 0.875 bits per heavy atom. The van der Waals surface area contributed by atoms with Crippen molar-refractivity contribution in [3.8, 4) is 0 Å². The van der Waals surface area contributed by atoms with Crippen LogP contribution < -0.4 is 0 Å². The van der Waals surface area contributed by atoms with E-state index >= 15 is 0 Å². The van der Waals surface area contributed by atoms with Crippen molar-refractivity contribution in [3.63, 3.8) is 0 Å². The van der Waals surface area contributed by atoms with Gasteiger partial charge in [0, 0.05) is 48.0 Å². The zero-order valence-corrected chi connectivity index (χ0v) is 36.1. The minimum atomic E-state index is -1.74. The first-order valence-electron chi connectivity index (χ1n) is 21.3. The summed E-state index contributed by atoms with van der Waals surface area (Å²) >= 11 is 0. The van der Waals surface area contributed by atoms with Crippen LogP contribution in [0.15, 0.2) is 48.6 Å². The molecule has 3 aliphatic rings. The number of aliphatic hydroxyl groups is 5. The van der Waals surface area contributed by atoms with E-state index in [9.17, 15) is 35.1 Å². The molecule has 0 amide bonds. The molecule has 3 heterocycles. The van der Waals surface area contributed by atoms with Crippen LogP contribution in [0, 0.1) is 53.3 Å². The van der Waals surface area contributed by atoms with Crippen LogP contribution in [-0.2, 0) is 23.8 Å². The lowest BCUT2D eigenvalue weighted by Crippen LogP contribution is -2.62. The molecule has 3 aliphatic heterocycles. The van der Waals surface area contributed by atoms with Crippen LogP contribution in [0.5, 0.6) is 0 Å². The topological polar surface area (TPSA) is 163 Å². The highest BCUT2D eigenvalue weighted by atomic mass is 16.7. The molecule has 2 bridgehead atoms. The normalized spacial score (nSPS) is 46.8. The SMILES string of the molecule is C=C1[C@H](C)[C@@H](O)[C@H](C)C(=O)[C@H](C)[C@@H](O)[C@H](C)/C=C/C(=O)O[C@H]2[C@@H](C)[C@@H](CC[C@H](CC)/C=C/C=C/C[C@H](C)[C@H](O)[C@]1(C)O)O[C@@]1(CC[C@@H](C)[C@@H](C[C@H](C)O)O1)[C@@H]2C. The predicted octanol–water partition coefficient (Wildman–Crippen LogP) is 6.87. The highest BCUT2D eigenvalue weighted by Gasteiger charge is 2.56. The lowest BCUT2D eigenvalue weighted by molar-refractivity contribution is -0.371. The maximum Gasteiger partial charge on any atom is 0.330 e. The molecule has 10 heteroatoms. The summed E-state index contributed by atoms with van der Waals surface area (Å²) in [5.41, 5.74) is -1.52. The van der Waals surface area contributed by atoms with Gasteiger partial charge in [0.15, 0.2) is 5.79 Å². The second-order valence-electron chi connectivity index (χ2n) is 18.1. The summed E-state index contributed by atoms with van der Waals surface area (Å²) in [7, 11) is 0. The van der Waals surface area contributed by atoms with Gasteiger partial charge in [-0.3, -0.25) is 4.79 Å². The van der Waals surface area contributed by atoms with Crippen molar-refractivity contribution in [1.29, 1.82) is 0 Å². The van der Waals surface area contributed by atoms with Gasteiger partial charge in [-0.2, -0.15) is 0 Å². The molecule has 0 aromatic heterocycles. The Bertz CT molecular complexity index is 1390. The maximum atomic E-state index is 13.6.